The van der Waals surface area contributed by atoms with Gasteiger partial charge in [0.15, 0.2) is 0 Å². The van der Waals surface area contributed by atoms with Crippen LogP contribution in [-0.4, -0.2) is 112 Å². The van der Waals surface area contributed by atoms with Gasteiger partial charge in [0.2, 0.25) is 17.7 Å². The quantitative estimate of drug-likeness (QED) is 0.259. The van der Waals surface area contributed by atoms with Gasteiger partial charge >= 0.3 is 5.97 Å². The summed E-state index contributed by atoms with van der Waals surface area (Å²) in [5, 5.41) is 5.75. The van der Waals surface area contributed by atoms with Crippen LogP contribution in [0, 0.1) is 11.8 Å². The number of hydrogen-bond acceptors (Lipinski definition) is 8. The minimum absolute atomic E-state index is 0.0712. The summed E-state index contributed by atoms with van der Waals surface area (Å²) in [5.74, 6) is -1.61. The summed E-state index contributed by atoms with van der Waals surface area (Å²) in [5.41, 5.74) is 0.892. The number of ether oxygens (including phenoxy) is 3. The van der Waals surface area contributed by atoms with E-state index < -0.39 is 30.1 Å². The summed E-state index contributed by atoms with van der Waals surface area (Å²) in [6.07, 6.45) is 1.56. The minimum atomic E-state index is -0.858. The molecule has 0 bridgehead atoms. The normalized spacial score (nSPS) is 19.1. The highest BCUT2D eigenvalue weighted by Gasteiger charge is 2.42. The molecule has 43 heavy (non-hydrogen) atoms. The molecule has 0 aromatic heterocycles. The molecule has 1 heterocycles. The van der Waals surface area contributed by atoms with Gasteiger partial charge in [-0.1, -0.05) is 57.5 Å². The Hall–Kier alpha value is -3.02. The Balaban J connectivity index is 2.19. The van der Waals surface area contributed by atoms with Crippen molar-refractivity contribution in [3.05, 3.63) is 35.9 Å². The highest BCUT2D eigenvalue weighted by Crippen LogP contribution is 2.29. The Morgan fingerprint density at radius 1 is 1.07 bits per heavy atom. The van der Waals surface area contributed by atoms with Gasteiger partial charge in [0.05, 0.1) is 50.3 Å². The van der Waals surface area contributed by atoms with Gasteiger partial charge in [-0.2, -0.15) is 0 Å². The van der Waals surface area contributed by atoms with E-state index in [1.807, 2.05) is 30.3 Å². The first-order valence-electron chi connectivity index (χ1n) is 15.2. The largest absolute Gasteiger partial charge is 0.467 e. The third-order valence-corrected chi connectivity index (χ3v) is 8.72. The third kappa shape index (κ3) is 9.74. The van der Waals surface area contributed by atoms with E-state index in [-0.39, 0.29) is 48.7 Å². The number of methoxy groups -OCH3 is 3. The maximum absolute atomic E-state index is 13.8. The zero-order chi connectivity index (χ0) is 32.1. The zero-order valence-corrected chi connectivity index (χ0v) is 27.1. The molecule has 1 fully saturated rings. The lowest BCUT2D eigenvalue weighted by Crippen LogP contribution is -2.54. The predicted octanol–water partition coefficient (Wildman–Crippen LogP) is 2.03. The first-order valence-corrected chi connectivity index (χ1v) is 15.2. The molecule has 2 rings (SSSR count). The number of carbonyl (C=O) groups is 4. The number of likely N-dealkylation sites (N-methyl/N-ethyl adjacent to an activating group) is 2. The van der Waals surface area contributed by atoms with E-state index in [2.05, 4.69) is 24.5 Å². The highest BCUT2D eigenvalue weighted by atomic mass is 16.5. The maximum Gasteiger partial charge on any atom is 0.328 e. The lowest BCUT2D eigenvalue weighted by Gasteiger charge is -2.39. The highest BCUT2D eigenvalue weighted by molar-refractivity contribution is 5.86. The molecule has 3 amide bonds. The molecule has 0 radical (unpaired) electrons. The number of likely N-dealkylation sites (tertiary alicyclic amines) is 1. The van der Waals surface area contributed by atoms with E-state index in [0.717, 1.165) is 18.4 Å². The number of hydrogen-bond donors (Lipinski definition) is 2. The number of nitrogens with zero attached hydrogens (tertiary/aromatic N) is 2. The van der Waals surface area contributed by atoms with Crippen LogP contribution in [0.5, 0.6) is 0 Å². The molecule has 1 saturated heterocycles. The number of esters is 1. The summed E-state index contributed by atoms with van der Waals surface area (Å²) in [6.45, 7) is 6.60. The van der Waals surface area contributed by atoms with Gasteiger partial charge in [-0.15, -0.1) is 0 Å². The molecular weight excluding hydrogens is 552 g/mol. The summed E-state index contributed by atoms with van der Waals surface area (Å²) in [7, 11) is 7.88. The van der Waals surface area contributed by atoms with Crippen LogP contribution in [0.15, 0.2) is 30.3 Å². The maximum atomic E-state index is 13.8. The molecule has 1 aliphatic heterocycles. The lowest BCUT2D eigenvalue weighted by molar-refractivity contribution is -0.148. The average molecular weight is 605 g/mol. The van der Waals surface area contributed by atoms with Crippen molar-refractivity contribution >= 4 is 23.7 Å². The fraction of sp³-hybridized carbons (Fsp3) is 0.688. The van der Waals surface area contributed by atoms with Gasteiger partial charge in [-0.3, -0.25) is 14.4 Å². The van der Waals surface area contributed by atoms with Gasteiger partial charge in [0.1, 0.15) is 6.04 Å². The fourth-order valence-electron chi connectivity index (χ4n) is 6.09. The van der Waals surface area contributed by atoms with Crippen molar-refractivity contribution in [3.8, 4) is 0 Å². The molecule has 1 aliphatic rings. The Bertz CT molecular complexity index is 1040. The van der Waals surface area contributed by atoms with Crippen LogP contribution in [0.4, 0.5) is 0 Å². The second-order valence-electron chi connectivity index (χ2n) is 11.4. The fourth-order valence-corrected chi connectivity index (χ4v) is 6.09. The van der Waals surface area contributed by atoms with Crippen LogP contribution < -0.4 is 10.6 Å². The topological polar surface area (TPSA) is 127 Å². The van der Waals surface area contributed by atoms with E-state index in [0.29, 0.717) is 19.4 Å². The van der Waals surface area contributed by atoms with E-state index >= 15 is 0 Å². The van der Waals surface area contributed by atoms with Crippen molar-refractivity contribution in [1.82, 2.24) is 20.4 Å². The Morgan fingerprint density at radius 3 is 2.30 bits per heavy atom. The van der Waals surface area contributed by atoms with Crippen LogP contribution in [0.1, 0.15) is 52.0 Å². The lowest BCUT2D eigenvalue weighted by atomic mass is 9.90. The van der Waals surface area contributed by atoms with Gasteiger partial charge in [0, 0.05) is 34.2 Å². The molecule has 242 valence electrons. The molecule has 7 atom stereocenters. The van der Waals surface area contributed by atoms with Gasteiger partial charge in [0.25, 0.3) is 0 Å². The third-order valence-electron chi connectivity index (χ3n) is 8.72. The van der Waals surface area contributed by atoms with Gasteiger partial charge in [-0.05, 0) is 31.4 Å². The summed E-state index contributed by atoms with van der Waals surface area (Å²) in [4.78, 5) is 56.0. The molecular formula is C32H52N4O7. The molecule has 11 heteroatoms. The van der Waals surface area contributed by atoms with Gasteiger partial charge < -0.3 is 34.6 Å². The van der Waals surface area contributed by atoms with E-state index in [1.54, 1.807) is 37.9 Å². The molecule has 0 saturated carbocycles. The van der Waals surface area contributed by atoms with Crippen molar-refractivity contribution in [2.24, 2.45) is 11.8 Å². The summed E-state index contributed by atoms with van der Waals surface area (Å²) < 4.78 is 16.7. The SMILES string of the molecule is CCC(C)C(C(CC(=O)N1CCCC1[C@H](OC)C(C)C(=O)NC(Cc1ccccc1)C(=O)OC)OC)N(C)C(=O)CNC. The smallest absolute Gasteiger partial charge is 0.328 e. The Morgan fingerprint density at radius 2 is 1.74 bits per heavy atom. The molecule has 2 N–H and O–H groups in total. The summed E-state index contributed by atoms with van der Waals surface area (Å²) >= 11 is 0. The molecule has 1 aromatic carbocycles. The summed E-state index contributed by atoms with van der Waals surface area (Å²) in [6, 6.07) is 7.93. The van der Waals surface area contributed by atoms with Crippen molar-refractivity contribution in [2.45, 2.75) is 83.2 Å². The van der Waals surface area contributed by atoms with E-state index in [4.69, 9.17) is 14.2 Å². The first-order chi connectivity index (χ1) is 20.5. The van der Waals surface area contributed by atoms with Crippen LogP contribution in [0.25, 0.3) is 0 Å². The van der Waals surface area contributed by atoms with Crippen molar-refractivity contribution < 1.29 is 33.4 Å². The number of carbonyl (C=O) groups excluding carboxylic acids is 4. The number of amides is 3. The second kappa shape index (κ2) is 17.9. The predicted molar refractivity (Wildman–Crippen MR) is 164 cm³/mol. The second-order valence-corrected chi connectivity index (χ2v) is 11.4. The van der Waals surface area contributed by atoms with Crippen LogP contribution in [-0.2, 0) is 39.8 Å². The van der Waals surface area contributed by atoms with Crippen molar-refractivity contribution in [2.75, 3.05) is 48.5 Å². The van der Waals surface area contributed by atoms with Crippen LogP contribution in [0.2, 0.25) is 0 Å². The van der Waals surface area contributed by atoms with Crippen molar-refractivity contribution in [3.63, 3.8) is 0 Å². The van der Waals surface area contributed by atoms with Crippen molar-refractivity contribution in [1.29, 1.82) is 0 Å². The Labute approximate surface area is 257 Å². The Kier molecular flexibility index (Phi) is 15.1. The molecule has 0 aliphatic carbocycles. The average Bonchev–Trinajstić information content (AvgIpc) is 3.50. The first kappa shape index (κ1) is 36.2. The minimum Gasteiger partial charge on any atom is -0.467 e. The number of rotatable bonds is 17. The molecule has 6 unspecified atom stereocenters. The standard InChI is InChI=1S/C32H52N4O7/c1-9-21(2)29(35(5)28(38)20-33-4)26(41-6)19-27(37)36-17-13-16-25(36)30(42-7)22(3)31(39)34-24(32(40)43-8)18-23-14-11-10-12-15-23/h10-12,14-15,21-22,24-26,29-30,33H,9,13,16-20H2,1-8H3,(H,34,39)/t21?,22?,24?,25?,26?,29?,30-/m1/s1. The molecule has 1 aromatic rings. The van der Waals surface area contributed by atoms with E-state index in [9.17, 15) is 19.2 Å². The van der Waals surface area contributed by atoms with E-state index in [1.165, 1.54) is 14.2 Å². The number of benzene rings is 1. The van der Waals surface area contributed by atoms with Crippen LogP contribution >= 0.6 is 0 Å². The molecule has 11 nitrogen and oxygen atoms in total. The number of nitrogens with one attached hydrogen (secondary N) is 2. The van der Waals surface area contributed by atoms with Gasteiger partial charge in [-0.25, -0.2) is 4.79 Å². The monoisotopic (exact) mass is 604 g/mol. The van der Waals surface area contributed by atoms with Crippen LogP contribution in [0.3, 0.4) is 0 Å². The molecule has 0 spiro atoms. The zero-order valence-electron chi connectivity index (χ0n) is 27.1.